The fraction of sp³-hybridized carbons (Fsp3) is 0.938. The monoisotopic (exact) mass is 300 g/mol. The highest BCUT2D eigenvalue weighted by Crippen LogP contribution is 2.17. The van der Waals surface area contributed by atoms with Crippen LogP contribution in [0.1, 0.15) is 47.0 Å². The van der Waals surface area contributed by atoms with Crippen LogP contribution in [0, 0.1) is 0 Å². The number of rotatable bonds is 9. The fourth-order valence-electron chi connectivity index (χ4n) is 2.68. The van der Waals surface area contributed by atoms with Gasteiger partial charge < -0.3 is 14.8 Å². The predicted octanol–water partition coefficient (Wildman–Crippen LogP) is 1.81. The van der Waals surface area contributed by atoms with E-state index < -0.39 is 5.54 Å². The van der Waals surface area contributed by atoms with Gasteiger partial charge in [0.1, 0.15) is 5.54 Å². The Kier molecular flexibility index (Phi) is 8.22. The smallest absolute Gasteiger partial charge is 0.326 e. The van der Waals surface area contributed by atoms with Gasteiger partial charge in [0.05, 0.1) is 19.8 Å². The van der Waals surface area contributed by atoms with Crippen molar-refractivity contribution in [1.29, 1.82) is 0 Å². The Morgan fingerprint density at radius 2 is 2.24 bits per heavy atom. The van der Waals surface area contributed by atoms with E-state index in [0.717, 1.165) is 52.1 Å². The molecule has 0 saturated carbocycles. The predicted molar refractivity (Wildman–Crippen MR) is 84.4 cm³/mol. The first-order valence-electron chi connectivity index (χ1n) is 8.27. The first kappa shape index (κ1) is 18.4. The minimum absolute atomic E-state index is 0.131. The molecule has 2 atom stereocenters. The maximum atomic E-state index is 12.2. The maximum Gasteiger partial charge on any atom is 0.326 e. The Balaban J connectivity index is 2.46. The topological polar surface area (TPSA) is 50.8 Å². The molecule has 1 fully saturated rings. The van der Waals surface area contributed by atoms with Crippen molar-refractivity contribution in [3.63, 3.8) is 0 Å². The first-order chi connectivity index (χ1) is 10.0. The molecule has 124 valence electrons. The molecule has 0 aliphatic carbocycles. The van der Waals surface area contributed by atoms with Gasteiger partial charge in [-0.15, -0.1) is 0 Å². The van der Waals surface area contributed by atoms with Gasteiger partial charge in [0.25, 0.3) is 0 Å². The number of carbonyl (C=O) groups excluding carboxylic acids is 1. The van der Waals surface area contributed by atoms with E-state index in [4.69, 9.17) is 9.47 Å². The summed E-state index contributed by atoms with van der Waals surface area (Å²) >= 11 is 0. The molecule has 0 aromatic carbocycles. The van der Waals surface area contributed by atoms with Crippen LogP contribution in [0.15, 0.2) is 0 Å². The number of morpholine rings is 1. The third-order valence-electron chi connectivity index (χ3n) is 4.12. The van der Waals surface area contributed by atoms with Crippen LogP contribution in [-0.2, 0) is 14.3 Å². The summed E-state index contributed by atoms with van der Waals surface area (Å²) in [7, 11) is 0. The molecule has 0 aromatic rings. The summed E-state index contributed by atoms with van der Waals surface area (Å²) in [5.41, 5.74) is -0.568. The molecule has 1 aliphatic rings. The average molecular weight is 300 g/mol. The van der Waals surface area contributed by atoms with E-state index in [9.17, 15) is 4.79 Å². The molecule has 2 unspecified atom stereocenters. The third-order valence-corrected chi connectivity index (χ3v) is 4.12. The van der Waals surface area contributed by atoms with E-state index in [2.05, 4.69) is 24.1 Å². The number of hydrogen-bond acceptors (Lipinski definition) is 5. The lowest BCUT2D eigenvalue weighted by atomic mass is 9.95. The molecular formula is C16H32N2O3. The summed E-state index contributed by atoms with van der Waals surface area (Å²) < 4.78 is 10.7. The molecule has 5 nitrogen and oxygen atoms in total. The van der Waals surface area contributed by atoms with E-state index >= 15 is 0 Å². The fourth-order valence-corrected chi connectivity index (χ4v) is 2.68. The zero-order chi connectivity index (χ0) is 15.7. The SMILES string of the molecule is CCCNC(C)(CCCN1CCOCC1C)C(=O)OCC. The molecule has 0 amide bonds. The number of hydrogen-bond donors (Lipinski definition) is 1. The third kappa shape index (κ3) is 5.93. The summed E-state index contributed by atoms with van der Waals surface area (Å²) in [6.07, 6.45) is 2.79. The minimum Gasteiger partial charge on any atom is -0.465 e. The van der Waals surface area contributed by atoms with Gasteiger partial charge in [-0.05, 0) is 53.1 Å². The average Bonchev–Trinajstić information content (AvgIpc) is 2.47. The van der Waals surface area contributed by atoms with Gasteiger partial charge in [-0.2, -0.15) is 0 Å². The Morgan fingerprint density at radius 1 is 1.48 bits per heavy atom. The normalized spacial score (nSPS) is 22.8. The number of ether oxygens (including phenoxy) is 2. The lowest BCUT2D eigenvalue weighted by molar-refractivity contribution is -0.151. The molecule has 1 saturated heterocycles. The Labute approximate surface area is 129 Å². The standard InChI is InChI=1S/C16H32N2O3/c1-5-9-17-16(4,15(19)21-6-2)8-7-10-18-11-12-20-13-14(18)3/h14,17H,5-13H2,1-4H3. The summed E-state index contributed by atoms with van der Waals surface area (Å²) in [5, 5.41) is 3.36. The van der Waals surface area contributed by atoms with Crippen LogP contribution in [0.2, 0.25) is 0 Å². The molecule has 1 rings (SSSR count). The van der Waals surface area contributed by atoms with Gasteiger partial charge in [0.15, 0.2) is 0 Å². The first-order valence-corrected chi connectivity index (χ1v) is 8.27. The molecule has 0 radical (unpaired) electrons. The highest BCUT2D eigenvalue weighted by atomic mass is 16.5. The summed E-state index contributed by atoms with van der Waals surface area (Å²) in [4.78, 5) is 14.6. The largest absolute Gasteiger partial charge is 0.465 e. The lowest BCUT2D eigenvalue weighted by Gasteiger charge is -2.34. The zero-order valence-electron chi connectivity index (χ0n) is 14.1. The summed E-state index contributed by atoms with van der Waals surface area (Å²) in [6.45, 7) is 13.0. The summed E-state index contributed by atoms with van der Waals surface area (Å²) in [5.74, 6) is -0.131. The minimum atomic E-state index is -0.568. The highest BCUT2D eigenvalue weighted by molar-refractivity contribution is 5.80. The van der Waals surface area contributed by atoms with Crippen molar-refractivity contribution in [2.24, 2.45) is 0 Å². The lowest BCUT2D eigenvalue weighted by Crippen LogP contribution is -2.51. The van der Waals surface area contributed by atoms with E-state index in [1.54, 1.807) is 0 Å². The van der Waals surface area contributed by atoms with E-state index in [-0.39, 0.29) is 5.97 Å². The quantitative estimate of drug-likeness (QED) is 0.658. The summed E-state index contributed by atoms with van der Waals surface area (Å²) in [6, 6.07) is 0.469. The second-order valence-electron chi connectivity index (χ2n) is 6.04. The van der Waals surface area contributed by atoms with Crippen molar-refractivity contribution < 1.29 is 14.3 Å². The highest BCUT2D eigenvalue weighted by Gasteiger charge is 2.33. The molecule has 5 heteroatoms. The van der Waals surface area contributed by atoms with Crippen molar-refractivity contribution in [3.05, 3.63) is 0 Å². The van der Waals surface area contributed by atoms with Crippen LogP contribution in [0.4, 0.5) is 0 Å². The van der Waals surface area contributed by atoms with Crippen LogP contribution >= 0.6 is 0 Å². The molecule has 21 heavy (non-hydrogen) atoms. The molecule has 1 aliphatic heterocycles. The van der Waals surface area contributed by atoms with Gasteiger partial charge in [0, 0.05) is 12.6 Å². The zero-order valence-corrected chi connectivity index (χ0v) is 14.1. The second kappa shape index (κ2) is 9.38. The molecular weight excluding hydrogens is 268 g/mol. The van der Waals surface area contributed by atoms with Crippen molar-refractivity contribution >= 4 is 5.97 Å². The van der Waals surface area contributed by atoms with E-state index in [0.29, 0.717) is 12.6 Å². The second-order valence-corrected chi connectivity index (χ2v) is 6.04. The van der Waals surface area contributed by atoms with Crippen LogP contribution in [-0.4, -0.2) is 61.9 Å². The van der Waals surface area contributed by atoms with Crippen molar-refractivity contribution in [1.82, 2.24) is 10.2 Å². The number of nitrogens with zero attached hydrogens (tertiary/aromatic N) is 1. The molecule has 1 N–H and O–H groups in total. The van der Waals surface area contributed by atoms with Crippen LogP contribution in [0.25, 0.3) is 0 Å². The van der Waals surface area contributed by atoms with E-state index in [1.807, 2.05) is 13.8 Å². The van der Waals surface area contributed by atoms with Crippen molar-refractivity contribution in [2.45, 2.75) is 58.5 Å². The molecule has 1 heterocycles. The number of esters is 1. The molecule has 0 bridgehead atoms. The Bertz CT molecular complexity index is 312. The Morgan fingerprint density at radius 3 is 2.86 bits per heavy atom. The van der Waals surface area contributed by atoms with Gasteiger partial charge >= 0.3 is 5.97 Å². The van der Waals surface area contributed by atoms with Gasteiger partial charge in [-0.25, -0.2) is 0 Å². The van der Waals surface area contributed by atoms with Gasteiger partial charge in [-0.3, -0.25) is 9.69 Å². The molecule has 0 spiro atoms. The molecule has 0 aromatic heterocycles. The van der Waals surface area contributed by atoms with Crippen molar-refractivity contribution in [3.8, 4) is 0 Å². The van der Waals surface area contributed by atoms with Crippen LogP contribution < -0.4 is 5.32 Å². The Hall–Kier alpha value is -0.650. The van der Waals surface area contributed by atoms with E-state index in [1.165, 1.54) is 0 Å². The van der Waals surface area contributed by atoms with Crippen LogP contribution in [0.5, 0.6) is 0 Å². The number of nitrogens with one attached hydrogen (secondary N) is 1. The number of carbonyl (C=O) groups is 1. The van der Waals surface area contributed by atoms with Crippen molar-refractivity contribution in [2.75, 3.05) is 39.5 Å². The van der Waals surface area contributed by atoms with Gasteiger partial charge in [0.2, 0.25) is 0 Å². The maximum absolute atomic E-state index is 12.2. The van der Waals surface area contributed by atoms with Crippen LogP contribution in [0.3, 0.4) is 0 Å². The van der Waals surface area contributed by atoms with Gasteiger partial charge in [-0.1, -0.05) is 6.92 Å².